The minimum Gasteiger partial charge on any atom is -0.505 e. The number of nitrogens with zero attached hydrogens (tertiary/aromatic N) is 2. The summed E-state index contributed by atoms with van der Waals surface area (Å²) in [6.07, 6.45) is -1.52. The van der Waals surface area contributed by atoms with Crippen LogP contribution in [0.15, 0.2) is 29.1 Å². The molecular formula is C18H11FN2O5. The van der Waals surface area contributed by atoms with Crippen molar-refractivity contribution in [2.24, 2.45) is 0 Å². The summed E-state index contributed by atoms with van der Waals surface area (Å²) < 4.78 is 20.0. The molecule has 0 saturated carbocycles. The lowest BCUT2D eigenvalue weighted by Gasteiger charge is -2.21. The van der Waals surface area contributed by atoms with Crippen LogP contribution in [0.1, 0.15) is 22.8 Å². The summed E-state index contributed by atoms with van der Waals surface area (Å²) in [5.41, 5.74) is 2.08. The summed E-state index contributed by atoms with van der Waals surface area (Å²) in [7, 11) is 0. The third-order valence-electron chi connectivity index (χ3n) is 4.84. The van der Waals surface area contributed by atoms with Gasteiger partial charge in [0.25, 0.3) is 5.56 Å². The average molecular weight is 354 g/mol. The Morgan fingerprint density at radius 3 is 2.85 bits per heavy atom. The van der Waals surface area contributed by atoms with Gasteiger partial charge < -0.3 is 19.5 Å². The molecule has 0 fully saturated rings. The van der Waals surface area contributed by atoms with Gasteiger partial charge in [-0.1, -0.05) is 0 Å². The molecule has 1 aromatic carbocycles. The Hall–Kier alpha value is -3.26. The van der Waals surface area contributed by atoms with E-state index in [-0.39, 0.29) is 29.8 Å². The number of cyclic esters (lactones) is 1. The number of aromatic hydroxyl groups is 1. The van der Waals surface area contributed by atoms with Gasteiger partial charge >= 0.3 is 5.97 Å². The highest BCUT2D eigenvalue weighted by Gasteiger charge is 2.33. The lowest BCUT2D eigenvalue weighted by molar-refractivity contribution is -0.157. The fourth-order valence-electron chi connectivity index (χ4n) is 3.54. The van der Waals surface area contributed by atoms with Crippen LogP contribution >= 0.6 is 0 Å². The fraction of sp³-hybridized carbons (Fsp3) is 0.167. The topological polar surface area (TPSA) is 102 Å². The molecule has 5 rings (SSSR count). The van der Waals surface area contributed by atoms with Crippen LogP contribution in [0.2, 0.25) is 0 Å². The van der Waals surface area contributed by atoms with Gasteiger partial charge in [0.2, 0.25) is 0 Å². The quantitative estimate of drug-likeness (QED) is 0.463. The number of pyridine rings is 2. The summed E-state index contributed by atoms with van der Waals surface area (Å²) in [5.74, 6) is -2.06. The molecule has 2 aliphatic heterocycles. The second-order valence-electron chi connectivity index (χ2n) is 6.36. The van der Waals surface area contributed by atoms with Crippen molar-refractivity contribution >= 4 is 16.9 Å². The number of hydrogen-bond acceptors (Lipinski definition) is 6. The van der Waals surface area contributed by atoms with Crippen molar-refractivity contribution in [3.05, 3.63) is 57.1 Å². The molecule has 3 aromatic rings. The second-order valence-corrected chi connectivity index (χ2v) is 6.36. The Bertz CT molecular complexity index is 1200. The van der Waals surface area contributed by atoms with E-state index in [1.165, 1.54) is 10.6 Å². The molecule has 0 amide bonds. The third kappa shape index (κ3) is 1.87. The summed E-state index contributed by atoms with van der Waals surface area (Å²) in [5, 5.41) is 20.1. The maximum atomic E-state index is 13.7. The van der Waals surface area contributed by atoms with E-state index in [9.17, 15) is 24.2 Å². The van der Waals surface area contributed by atoms with Crippen LogP contribution in [-0.4, -0.2) is 25.7 Å². The van der Waals surface area contributed by atoms with Crippen molar-refractivity contribution in [1.29, 1.82) is 0 Å². The van der Waals surface area contributed by atoms with Gasteiger partial charge in [-0.25, -0.2) is 14.2 Å². The van der Waals surface area contributed by atoms with Crippen molar-refractivity contribution < 1.29 is 24.1 Å². The molecule has 2 N–H and O–H groups in total. The molecule has 8 heteroatoms. The van der Waals surface area contributed by atoms with E-state index < -0.39 is 23.6 Å². The predicted molar refractivity (Wildman–Crippen MR) is 86.9 cm³/mol. The lowest BCUT2D eigenvalue weighted by atomic mass is 10.0. The highest BCUT2D eigenvalue weighted by atomic mass is 19.1. The summed E-state index contributed by atoms with van der Waals surface area (Å²) >= 11 is 0. The van der Waals surface area contributed by atoms with Crippen molar-refractivity contribution in [3.8, 4) is 17.1 Å². The van der Waals surface area contributed by atoms with Crippen LogP contribution in [0.25, 0.3) is 22.3 Å². The molecule has 0 spiro atoms. The van der Waals surface area contributed by atoms with Crippen molar-refractivity contribution in [3.63, 3.8) is 0 Å². The highest BCUT2D eigenvalue weighted by molar-refractivity contribution is 5.86. The number of phenols is 1. The van der Waals surface area contributed by atoms with Crippen LogP contribution in [0.5, 0.6) is 5.75 Å². The number of aliphatic hydroxyl groups is 1. The van der Waals surface area contributed by atoms with Gasteiger partial charge in [-0.05, 0) is 18.2 Å². The molecule has 130 valence electrons. The molecule has 1 unspecified atom stereocenters. The fourth-order valence-corrected chi connectivity index (χ4v) is 3.54. The van der Waals surface area contributed by atoms with E-state index in [4.69, 9.17) is 4.74 Å². The first kappa shape index (κ1) is 15.0. The normalized spacial score (nSPS) is 17.6. The Labute approximate surface area is 144 Å². The van der Waals surface area contributed by atoms with Gasteiger partial charge in [-0.3, -0.25) is 4.79 Å². The van der Waals surface area contributed by atoms with Crippen LogP contribution < -0.4 is 5.56 Å². The molecule has 0 saturated heterocycles. The number of aromatic nitrogens is 2. The number of rotatable bonds is 0. The lowest BCUT2D eigenvalue weighted by Crippen LogP contribution is -2.32. The molecule has 7 nitrogen and oxygen atoms in total. The second kappa shape index (κ2) is 4.89. The van der Waals surface area contributed by atoms with Gasteiger partial charge in [0, 0.05) is 22.6 Å². The van der Waals surface area contributed by atoms with Gasteiger partial charge in [0.15, 0.2) is 17.7 Å². The average Bonchev–Trinajstić information content (AvgIpc) is 2.96. The molecule has 1 atom stereocenters. The first-order valence-electron chi connectivity index (χ1n) is 7.88. The van der Waals surface area contributed by atoms with Crippen LogP contribution in [-0.2, 0) is 22.7 Å². The third-order valence-corrected chi connectivity index (χ3v) is 4.84. The van der Waals surface area contributed by atoms with Gasteiger partial charge in [0.1, 0.15) is 6.61 Å². The molecule has 26 heavy (non-hydrogen) atoms. The molecule has 4 heterocycles. The zero-order chi connectivity index (χ0) is 18.2. The molecular weight excluding hydrogens is 343 g/mol. The zero-order valence-corrected chi connectivity index (χ0v) is 13.2. The summed E-state index contributed by atoms with van der Waals surface area (Å²) in [6.45, 7) is 0.0665. The van der Waals surface area contributed by atoms with Gasteiger partial charge in [0.05, 0.1) is 29.0 Å². The van der Waals surface area contributed by atoms with E-state index in [1.54, 1.807) is 12.1 Å². The van der Waals surface area contributed by atoms with Crippen LogP contribution in [0, 0.1) is 5.82 Å². The number of hydrogen-bond donors (Lipinski definition) is 2. The van der Waals surface area contributed by atoms with Gasteiger partial charge in [-0.15, -0.1) is 0 Å². The van der Waals surface area contributed by atoms with E-state index in [2.05, 4.69) is 4.98 Å². The number of halogens is 1. The number of aliphatic hydroxyl groups excluding tert-OH is 1. The molecule has 2 aromatic heterocycles. The van der Waals surface area contributed by atoms with E-state index in [0.717, 1.165) is 11.6 Å². The van der Waals surface area contributed by atoms with Crippen molar-refractivity contribution in [1.82, 2.24) is 9.55 Å². The standard InChI is InChI=1S/C18H11FN2O5/c19-11-4-12-7(2-14(11)22)1-8-5-21-13(15(8)20-12)3-9-10(17(21)24)6-26-18(25)16(9)23/h1-4,16,22-23H,5-6H2. The van der Waals surface area contributed by atoms with E-state index in [0.29, 0.717) is 22.3 Å². The van der Waals surface area contributed by atoms with Gasteiger partial charge in [-0.2, -0.15) is 0 Å². The van der Waals surface area contributed by atoms with E-state index >= 15 is 0 Å². The minimum atomic E-state index is -1.52. The molecule has 0 aliphatic carbocycles. The number of esters is 1. The molecule has 0 radical (unpaired) electrons. The maximum Gasteiger partial charge on any atom is 0.340 e. The summed E-state index contributed by atoms with van der Waals surface area (Å²) in [4.78, 5) is 28.8. The minimum absolute atomic E-state index is 0.185. The monoisotopic (exact) mass is 354 g/mol. The number of carbonyl (C=O) groups is 1. The molecule has 2 aliphatic rings. The van der Waals surface area contributed by atoms with Crippen molar-refractivity contribution in [2.75, 3.05) is 0 Å². The van der Waals surface area contributed by atoms with E-state index in [1.807, 2.05) is 0 Å². The Balaban J connectivity index is 1.78. The Morgan fingerprint density at radius 2 is 2.04 bits per heavy atom. The Morgan fingerprint density at radius 1 is 1.23 bits per heavy atom. The number of fused-ring (bicyclic) bond motifs is 5. The number of benzene rings is 1. The Kier molecular flexibility index (Phi) is 2.83. The smallest absolute Gasteiger partial charge is 0.340 e. The first-order chi connectivity index (χ1) is 12.4. The summed E-state index contributed by atoms with van der Waals surface area (Å²) in [6, 6.07) is 5.70. The first-order valence-corrected chi connectivity index (χ1v) is 7.88. The number of carbonyl (C=O) groups excluding carboxylic acids is 1. The number of ether oxygens (including phenoxy) is 1. The highest BCUT2D eigenvalue weighted by Crippen LogP contribution is 2.36. The number of phenolic OH excluding ortho intramolecular Hbond substituents is 1. The maximum absolute atomic E-state index is 13.7. The SMILES string of the molecule is O=C1OCc2c(cc3n(c2=O)Cc2cc4cc(O)c(F)cc4nc2-3)C1O. The van der Waals surface area contributed by atoms with Crippen LogP contribution in [0.3, 0.4) is 0 Å². The predicted octanol–water partition coefficient (Wildman–Crippen LogP) is 1.36. The van der Waals surface area contributed by atoms with Crippen LogP contribution in [0.4, 0.5) is 4.39 Å². The van der Waals surface area contributed by atoms with Crippen molar-refractivity contribution in [2.45, 2.75) is 19.3 Å². The largest absolute Gasteiger partial charge is 0.505 e. The zero-order valence-electron chi connectivity index (χ0n) is 13.2. The molecule has 0 bridgehead atoms.